The van der Waals surface area contributed by atoms with Crippen LogP contribution < -0.4 is 10.2 Å². The average molecular weight is 212 g/mol. The molecule has 0 aliphatic heterocycles. The minimum Gasteiger partial charge on any atom is -0.493 e. The first-order valence-electron chi connectivity index (χ1n) is 4.79. The van der Waals surface area contributed by atoms with Gasteiger partial charge >= 0.3 is 7.12 Å². The summed E-state index contributed by atoms with van der Waals surface area (Å²) in [5.74, 6) is 0.0769. The molecule has 0 fully saturated rings. The largest absolute Gasteiger partial charge is 0.493 e. The van der Waals surface area contributed by atoms with Crippen LogP contribution in [0.25, 0.3) is 0 Å². The van der Waals surface area contributed by atoms with Crippen molar-refractivity contribution in [1.29, 1.82) is 0 Å². The zero-order valence-electron chi connectivity index (χ0n) is 8.77. The topological polar surface area (TPSA) is 49.7 Å². The summed E-state index contributed by atoms with van der Waals surface area (Å²) in [4.78, 5) is 0. The molecule has 1 aromatic carbocycles. The van der Waals surface area contributed by atoms with E-state index in [0.29, 0.717) is 18.3 Å². The van der Waals surface area contributed by atoms with Crippen molar-refractivity contribution in [3.63, 3.8) is 0 Å². The van der Waals surface area contributed by atoms with Crippen LogP contribution in [0, 0.1) is 11.7 Å². The van der Waals surface area contributed by atoms with Gasteiger partial charge in [0.05, 0.1) is 6.61 Å². The lowest BCUT2D eigenvalue weighted by Gasteiger charge is -2.09. The van der Waals surface area contributed by atoms with Gasteiger partial charge in [-0.25, -0.2) is 4.39 Å². The van der Waals surface area contributed by atoms with E-state index in [-0.39, 0.29) is 5.46 Å². The van der Waals surface area contributed by atoms with Crippen molar-refractivity contribution in [2.75, 3.05) is 6.61 Å². The number of benzene rings is 1. The van der Waals surface area contributed by atoms with E-state index < -0.39 is 12.9 Å². The number of rotatable bonds is 4. The van der Waals surface area contributed by atoms with Gasteiger partial charge in [0.2, 0.25) is 0 Å². The summed E-state index contributed by atoms with van der Waals surface area (Å²) in [6.45, 7) is 4.48. The Morgan fingerprint density at radius 3 is 2.53 bits per heavy atom. The zero-order chi connectivity index (χ0) is 11.4. The maximum absolute atomic E-state index is 13.2. The third-order valence-electron chi connectivity index (χ3n) is 1.83. The highest BCUT2D eigenvalue weighted by molar-refractivity contribution is 6.58. The molecule has 3 nitrogen and oxygen atoms in total. The summed E-state index contributed by atoms with van der Waals surface area (Å²) >= 11 is 0. The van der Waals surface area contributed by atoms with Gasteiger partial charge in [-0.3, -0.25) is 0 Å². The molecular formula is C10H14BFO3. The van der Waals surface area contributed by atoms with Crippen LogP contribution in [0.3, 0.4) is 0 Å². The molecule has 1 rings (SSSR count). The Hall–Kier alpha value is -1.07. The molecule has 0 aliphatic carbocycles. The lowest BCUT2D eigenvalue weighted by molar-refractivity contribution is 0.270. The van der Waals surface area contributed by atoms with E-state index >= 15 is 0 Å². The molecule has 5 heteroatoms. The van der Waals surface area contributed by atoms with Crippen molar-refractivity contribution in [2.24, 2.45) is 5.92 Å². The molecule has 0 spiro atoms. The molecule has 0 bridgehead atoms. The maximum Gasteiger partial charge on any atom is 0.491 e. The molecular weight excluding hydrogens is 198 g/mol. The van der Waals surface area contributed by atoms with E-state index in [4.69, 9.17) is 14.8 Å². The summed E-state index contributed by atoms with van der Waals surface area (Å²) in [5.41, 5.74) is -0.146. The maximum atomic E-state index is 13.2. The summed E-state index contributed by atoms with van der Waals surface area (Å²) in [7, 11) is -1.79. The summed E-state index contributed by atoms with van der Waals surface area (Å²) in [6, 6.07) is 3.97. The highest BCUT2D eigenvalue weighted by atomic mass is 19.1. The first kappa shape index (κ1) is 12.0. The Balaban J connectivity index is 2.73. The predicted molar refractivity (Wildman–Crippen MR) is 56.6 cm³/mol. The summed E-state index contributed by atoms with van der Waals surface area (Å²) in [5, 5.41) is 17.6. The highest BCUT2D eigenvalue weighted by Crippen LogP contribution is 2.12. The second-order valence-electron chi connectivity index (χ2n) is 3.76. The van der Waals surface area contributed by atoms with Crippen molar-refractivity contribution in [1.82, 2.24) is 0 Å². The number of ether oxygens (including phenoxy) is 1. The quantitative estimate of drug-likeness (QED) is 0.716. The van der Waals surface area contributed by atoms with Crippen LogP contribution in [0.4, 0.5) is 4.39 Å². The summed E-state index contributed by atoms with van der Waals surface area (Å²) < 4.78 is 18.5. The van der Waals surface area contributed by atoms with Gasteiger partial charge in [-0.05, 0) is 12.0 Å². The normalized spacial score (nSPS) is 10.5. The first-order chi connectivity index (χ1) is 7.00. The van der Waals surface area contributed by atoms with Crippen LogP contribution in [-0.2, 0) is 0 Å². The predicted octanol–water partition coefficient (Wildman–Crippen LogP) is 0.540. The molecule has 0 saturated carbocycles. The van der Waals surface area contributed by atoms with Crippen molar-refractivity contribution in [2.45, 2.75) is 13.8 Å². The Kier molecular flexibility index (Phi) is 4.11. The van der Waals surface area contributed by atoms with Gasteiger partial charge in [0, 0.05) is 11.5 Å². The van der Waals surface area contributed by atoms with Crippen molar-refractivity contribution < 1.29 is 19.2 Å². The van der Waals surface area contributed by atoms with Gasteiger partial charge in [-0.15, -0.1) is 0 Å². The fraction of sp³-hybridized carbons (Fsp3) is 0.400. The minimum atomic E-state index is -1.79. The Morgan fingerprint density at radius 2 is 2.07 bits per heavy atom. The smallest absolute Gasteiger partial charge is 0.491 e. The molecule has 15 heavy (non-hydrogen) atoms. The van der Waals surface area contributed by atoms with Gasteiger partial charge in [0.15, 0.2) is 0 Å². The van der Waals surface area contributed by atoms with E-state index in [2.05, 4.69) is 0 Å². The molecule has 0 aliphatic rings. The molecule has 82 valence electrons. The molecule has 0 aromatic heterocycles. The van der Waals surface area contributed by atoms with Gasteiger partial charge in [-0.2, -0.15) is 0 Å². The van der Waals surface area contributed by atoms with E-state index in [1.807, 2.05) is 13.8 Å². The Labute approximate surface area is 88.7 Å². The lowest BCUT2D eigenvalue weighted by atomic mass is 9.80. The van der Waals surface area contributed by atoms with E-state index in [9.17, 15) is 4.39 Å². The molecule has 0 unspecified atom stereocenters. The number of halogens is 1. The number of hydrogen-bond donors (Lipinski definition) is 2. The Morgan fingerprint density at radius 1 is 1.40 bits per heavy atom. The van der Waals surface area contributed by atoms with Gasteiger partial charge in [0.1, 0.15) is 11.6 Å². The standard InChI is InChI=1S/C10H14BFO3/c1-7(2)6-15-8-3-4-9(11(13)14)10(12)5-8/h3-5,7,13-14H,6H2,1-2H3. The van der Waals surface area contributed by atoms with E-state index in [1.54, 1.807) is 0 Å². The molecule has 0 heterocycles. The zero-order valence-corrected chi connectivity index (χ0v) is 8.77. The molecule has 2 N–H and O–H groups in total. The van der Waals surface area contributed by atoms with Crippen LogP contribution in [0.5, 0.6) is 5.75 Å². The highest BCUT2D eigenvalue weighted by Gasteiger charge is 2.16. The minimum absolute atomic E-state index is 0.146. The average Bonchev–Trinajstić information content (AvgIpc) is 2.14. The molecule has 0 saturated heterocycles. The second-order valence-corrected chi connectivity index (χ2v) is 3.76. The molecule has 0 radical (unpaired) electrons. The van der Waals surface area contributed by atoms with E-state index in [1.165, 1.54) is 12.1 Å². The van der Waals surface area contributed by atoms with Crippen LogP contribution in [0.15, 0.2) is 18.2 Å². The SMILES string of the molecule is CC(C)COc1ccc(B(O)O)c(F)c1. The third kappa shape index (κ3) is 3.53. The Bertz CT molecular complexity index is 328. The van der Waals surface area contributed by atoms with Gasteiger partial charge < -0.3 is 14.8 Å². The van der Waals surface area contributed by atoms with E-state index in [0.717, 1.165) is 6.07 Å². The van der Waals surface area contributed by atoms with Crippen molar-refractivity contribution >= 4 is 12.6 Å². The third-order valence-corrected chi connectivity index (χ3v) is 1.83. The van der Waals surface area contributed by atoms with Gasteiger partial charge in [-0.1, -0.05) is 19.9 Å². The van der Waals surface area contributed by atoms with Gasteiger partial charge in [0.25, 0.3) is 0 Å². The lowest BCUT2D eigenvalue weighted by Crippen LogP contribution is -2.32. The molecule has 0 amide bonds. The second kappa shape index (κ2) is 5.14. The number of hydrogen-bond acceptors (Lipinski definition) is 3. The molecule has 1 aromatic rings. The van der Waals surface area contributed by atoms with Crippen molar-refractivity contribution in [3.05, 3.63) is 24.0 Å². The fourth-order valence-electron chi connectivity index (χ4n) is 1.07. The van der Waals surface area contributed by atoms with Crippen LogP contribution in [0.2, 0.25) is 0 Å². The van der Waals surface area contributed by atoms with Crippen LogP contribution >= 0.6 is 0 Å². The van der Waals surface area contributed by atoms with Crippen LogP contribution in [-0.4, -0.2) is 23.8 Å². The van der Waals surface area contributed by atoms with Crippen LogP contribution in [0.1, 0.15) is 13.8 Å². The monoisotopic (exact) mass is 212 g/mol. The fourth-order valence-corrected chi connectivity index (χ4v) is 1.07. The first-order valence-corrected chi connectivity index (χ1v) is 4.79. The van der Waals surface area contributed by atoms with Crippen molar-refractivity contribution in [3.8, 4) is 5.75 Å². The summed E-state index contributed by atoms with van der Waals surface area (Å²) in [6.07, 6.45) is 0. The molecule has 0 atom stereocenters.